The lowest BCUT2D eigenvalue weighted by molar-refractivity contribution is -0.128. The topological polar surface area (TPSA) is 62.3 Å². The second kappa shape index (κ2) is 7.11. The molecule has 4 nitrogen and oxygen atoms in total. The molecule has 0 spiro atoms. The smallest absolute Gasteiger partial charge is 0.293 e. The third-order valence-electron chi connectivity index (χ3n) is 2.03. The summed E-state index contributed by atoms with van der Waals surface area (Å²) in [5.74, 6) is 0.300. The molecule has 1 heterocycles. The third kappa shape index (κ3) is 4.42. The van der Waals surface area contributed by atoms with E-state index in [-0.39, 0.29) is 0 Å². The molecule has 0 bridgehead atoms. The first-order valence-corrected chi connectivity index (χ1v) is 5.25. The second-order valence-electron chi connectivity index (χ2n) is 3.20. The molecule has 0 fully saturated rings. The zero-order valence-electron chi connectivity index (χ0n) is 9.59. The van der Waals surface area contributed by atoms with Gasteiger partial charge in [-0.3, -0.25) is 4.79 Å². The molecule has 1 aromatic carbocycles. The van der Waals surface area contributed by atoms with Gasteiger partial charge < -0.3 is 14.8 Å². The molecule has 0 saturated heterocycles. The minimum atomic E-state index is 0.300. The molecule has 17 heavy (non-hydrogen) atoms. The predicted octanol–water partition coefficient (Wildman–Crippen LogP) is 2.57. The number of benzene rings is 1. The number of H-pyrrole nitrogens is 1. The highest BCUT2D eigenvalue weighted by Gasteiger charge is 1.95. The number of aromatic amines is 1. The van der Waals surface area contributed by atoms with Crippen LogP contribution in [-0.2, 0) is 9.53 Å². The highest BCUT2D eigenvalue weighted by molar-refractivity contribution is 5.63. The molecule has 0 atom stereocenters. The zero-order valence-corrected chi connectivity index (χ0v) is 9.59. The monoisotopic (exact) mass is 233 g/mol. The number of nitrogens with one attached hydrogen (secondary N) is 1. The first-order chi connectivity index (χ1) is 8.27. The number of aromatic nitrogens is 1. The van der Waals surface area contributed by atoms with Crippen molar-refractivity contribution in [3.63, 3.8) is 0 Å². The molecule has 2 aromatic rings. The number of rotatable bonds is 3. The summed E-state index contributed by atoms with van der Waals surface area (Å²) in [6, 6.07) is 9.13. The van der Waals surface area contributed by atoms with E-state index in [0.717, 1.165) is 11.1 Å². The van der Waals surface area contributed by atoms with Crippen molar-refractivity contribution in [3.8, 4) is 16.9 Å². The van der Waals surface area contributed by atoms with E-state index in [1.807, 2.05) is 30.6 Å². The Morgan fingerprint density at radius 3 is 2.35 bits per heavy atom. The number of aromatic hydroxyl groups is 1. The zero-order chi connectivity index (χ0) is 12.5. The molecule has 0 radical (unpaired) electrons. The van der Waals surface area contributed by atoms with Gasteiger partial charge in [0.1, 0.15) is 5.75 Å². The van der Waals surface area contributed by atoms with Crippen LogP contribution < -0.4 is 0 Å². The van der Waals surface area contributed by atoms with Crippen molar-refractivity contribution in [2.75, 3.05) is 6.61 Å². The molecule has 2 N–H and O–H groups in total. The summed E-state index contributed by atoms with van der Waals surface area (Å²) in [4.78, 5) is 12.2. The van der Waals surface area contributed by atoms with E-state index in [1.54, 1.807) is 19.1 Å². The van der Waals surface area contributed by atoms with Crippen LogP contribution in [0, 0.1) is 0 Å². The van der Waals surface area contributed by atoms with Gasteiger partial charge in [0.15, 0.2) is 0 Å². The Hall–Kier alpha value is -2.23. The van der Waals surface area contributed by atoms with Gasteiger partial charge in [0.2, 0.25) is 0 Å². The fraction of sp³-hybridized carbons (Fsp3) is 0.154. The molecule has 0 amide bonds. The van der Waals surface area contributed by atoms with Crippen molar-refractivity contribution in [2.45, 2.75) is 6.92 Å². The molecule has 1 aromatic heterocycles. The van der Waals surface area contributed by atoms with Gasteiger partial charge in [0.05, 0.1) is 6.61 Å². The van der Waals surface area contributed by atoms with E-state index in [4.69, 9.17) is 5.11 Å². The minimum Gasteiger partial charge on any atom is -0.508 e. The molecular formula is C13H15NO3. The lowest BCUT2D eigenvalue weighted by Crippen LogP contribution is -1.80. The number of ether oxygens (including phenoxy) is 1. The maximum Gasteiger partial charge on any atom is 0.293 e. The first kappa shape index (κ1) is 12.8. The second-order valence-corrected chi connectivity index (χ2v) is 3.20. The van der Waals surface area contributed by atoms with Crippen LogP contribution in [0.4, 0.5) is 0 Å². The van der Waals surface area contributed by atoms with Crippen LogP contribution in [0.15, 0.2) is 42.7 Å². The van der Waals surface area contributed by atoms with Gasteiger partial charge in [-0.2, -0.15) is 0 Å². The van der Waals surface area contributed by atoms with Gasteiger partial charge in [-0.1, -0.05) is 12.1 Å². The van der Waals surface area contributed by atoms with Crippen molar-refractivity contribution in [3.05, 3.63) is 42.7 Å². The summed E-state index contributed by atoms with van der Waals surface area (Å²) in [7, 11) is 0. The molecular weight excluding hydrogens is 218 g/mol. The first-order valence-electron chi connectivity index (χ1n) is 5.25. The van der Waals surface area contributed by atoms with Crippen molar-refractivity contribution in [2.24, 2.45) is 0 Å². The Kier molecular flexibility index (Phi) is 5.37. The number of phenols is 1. The predicted molar refractivity (Wildman–Crippen MR) is 65.6 cm³/mol. The van der Waals surface area contributed by atoms with E-state index in [9.17, 15) is 4.79 Å². The van der Waals surface area contributed by atoms with Gasteiger partial charge in [-0.05, 0) is 36.2 Å². The number of hydrogen-bond acceptors (Lipinski definition) is 3. The van der Waals surface area contributed by atoms with Gasteiger partial charge in [0, 0.05) is 12.4 Å². The fourth-order valence-electron chi connectivity index (χ4n) is 1.23. The molecule has 0 saturated carbocycles. The van der Waals surface area contributed by atoms with Crippen molar-refractivity contribution in [1.29, 1.82) is 0 Å². The third-order valence-corrected chi connectivity index (χ3v) is 2.03. The summed E-state index contributed by atoms with van der Waals surface area (Å²) >= 11 is 0. The summed E-state index contributed by atoms with van der Waals surface area (Å²) < 4.78 is 4.15. The Bertz CT molecular complexity index is 420. The van der Waals surface area contributed by atoms with Gasteiger partial charge in [0.25, 0.3) is 6.47 Å². The standard InChI is InChI=1S/C10H9NO.C3H6O2/c12-10-3-1-8(2-4-10)9-5-6-11-7-9;1-2-5-3-4/h1-7,11-12H;3H,2H2,1H3. The van der Waals surface area contributed by atoms with E-state index >= 15 is 0 Å². The van der Waals surface area contributed by atoms with Gasteiger partial charge in [-0.25, -0.2) is 0 Å². The highest BCUT2D eigenvalue weighted by Crippen LogP contribution is 2.20. The average Bonchev–Trinajstić information content (AvgIpc) is 2.85. The Balaban J connectivity index is 0.000000249. The quantitative estimate of drug-likeness (QED) is 0.801. The summed E-state index contributed by atoms with van der Waals surface area (Å²) in [5, 5.41) is 9.05. The maximum absolute atomic E-state index is 9.18. The molecule has 0 aliphatic carbocycles. The van der Waals surface area contributed by atoms with Crippen LogP contribution in [0.1, 0.15) is 6.92 Å². The van der Waals surface area contributed by atoms with Crippen LogP contribution in [0.5, 0.6) is 5.75 Å². The Morgan fingerprint density at radius 2 is 1.94 bits per heavy atom. The molecule has 4 heteroatoms. The van der Waals surface area contributed by atoms with Crippen LogP contribution in [-0.4, -0.2) is 23.2 Å². The van der Waals surface area contributed by atoms with Gasteiger partial charge >= 0.3 is 0 Å². The van der Waals surface area contributed by atoms with E-state index in [2.05, 4.69) is 9.72 Å². The summed E-state index contributed by atoms with van der Waals surface area (Å²) in [5.41, 5.74) is 2.24. The van der Waals surface area contributed by atoms with Crippen LogP contribution in [0.25, 0.3) is 11.1 Å². The van der Waals surface area contributed by atoms with Crippen LogP contribution in [0.2, 0.25) is 0 Å². The number of carbonyl (C=O) groups excluding carboxylic acids is 1. The fourth-order valence-corrected chi connectivity index (χ4v) is 1.23. The molecule has 2 rings (SSSR count). The molecule has 0 unspecified atom stereocenters. The largest absolute Gasteiger partial charge is 0.508 e. The molecule has 90 valence electrons. The Labute approximate surface area is 99.9 Å². The van der Waals surface area contributed by atoms with Crippen molar-refractivity contribution in [1.82, 2.24) is 4.98 Å². The number of carbonyl (C=O) groups is 1. The van der Waals surface area contributed by atoms with Crippen molar-refractivity contribution < 1.29 is 14.6 Å². The van der Waals surface area contributed by atoms with Crippen LogP contribution in [0.3, 0.4) is 0 Å². The normalized spacial score (nSPS) is 9.00. The van der Waals surface area contributed by atoms with Crippen molar-refractivity contribution >= 4 is 6.47 Å². The summed E-state index contributed by atoms with van der Waals surface area (Å²) in [6.45, 7) is 2.66. The lowest BCUT2D eigenvalue weighted by Gasteiger charge is -1.96. The Morgan fingerprint density at radius 1 is 1.24 bits per heavy atom. The summed E-state index contributed by atoms with van der Waals surface area (Å²) in [6.07, 6.45) is 3.80. The maximum atomic E-state index is 9.18. The average molecular weight is 233 g/mol. The van der Waals surface area contributed by atoms with E-state index in [1.165, 1.54) is 0 Å². The molecule has 0 aliphatic heterocycles. The number of phenolic OH excluding ortho intramolecular Hbond substituents is 1. The SMILES string of the molecule is CCOC=O.Oc1ccc(-c2cc[nH]c2)cc1. The lowest BCUT2D eigenvalue weighted by atomic mass is 10.1. The van der Waals surface area contributed by atoms with E-state index in [0.29, 0.717) is 18.8 Å². The molecule has 0 aliphatic rings. The number of hydrogen-bond donors (Lipinski definition) is 2. The highest BCUT2D eigenvalue weighted by atomic mass is 16.5. The van der Waals surface area contributed by atoms with Crippen LogP contribution >= 0.6 is 0 Å². The minimum absolute atomic E-state index is 0.300. The van der Waals surface area contributed by atoms with Gasteiger partial charge in [-0.15, -0.1) is 0 Å². The van der Waals surface area contributed by atoms with E-state index < -0.39 is 0 Å².